The molecule has 0 heteroatoms. The van der Waals surface area contributed by atoms with Gasteiger partial charge in [0.2, 0.25) is 0 Å². The predicted molar refractivity (Wildman–Crippen MR) is 270 cm³/mol. The molecule has 0 amide bonds. The van der Waals surface area contributed by atoms with Crippen molar-refractivity contribution in [2.24, 2.45) is 29.6 Å². The van der Waals surface area contributed by atoms with Crippen LogP contribution in [0, 0.1) is 29.6 Å². The number of hydrogen-bond donors (Lipinski definition) is 0. The first-order chi connectivity index (χ1) is 28.6. The van der Waals surface area contributed by atoms with Crippen molar-refractivity contribution >= 4 is 0 Å². The van der Waals surface area contributed by atoms with Crippen molar-refractivity contribution in [2.45, 2.75) is 344 Å². The topological polar surface area (TPSA) is 0 Å². The maximum absolute atomic E-state index is 2.45. The van der Waals surface area contributed by atoms with Crippen LogP contribution in [0.1, 0.15) is 344 Å². The molecule has 350 valence electrons. The van der Waals surface area contributed by atoms with Gasteiger partial charge in [-0.2, -0.15) is 0 Å². The third kappa shape index (κ3) is 37.7. The average Bonchev–Trinajstić information content (AvgIpc) is 3.23. The molecule has 0 radical (unpaired) electrons. The summed E-state index contributed by atoms with van der Waals surface area (Å²) in [5, 5.41) is 0. The smallest absolute Gasteiger partial charge is 0.0386 e. The zero-order chi connectivity index (χ0) is 42.4. The molecule has 5 atom stereocenters. The first-order valence-electron chi connectivity index (χ1n) is 28.6. The SMILES string of the molecule is CCCCCCCC(CCCCC)C(CCCCCCC)CCCCCCCCC(CCCCC)CCCCCCCCCCCCC(CC)C(CC)CCCCC. The lowest BCUT2D eigenvalue weighted by atomic mass is 9.78. The Morgan fingerprint density at radius 3 is 0.603 bits per heavy atom. The lowest BCUT2D eigenvalue weighted by Crippen LogP contribution is -2.16. The van der Waals surface area contributed by atoms with Crippen LogP contribution in [0.2, 0.25) is 0 Å². The van der Waals surface area contributed by atoms with E-state index >= 15 is 0 Å². The van der Waals surface area contributed by atoms with Crippen LogP contribution in [-0.4, -0.2) is 0 Å². The minimum absolute atomic E-state index is 0.994. The van der Waals surface area contributed by atoms with E-state index in [9.17, 15) is 0 Å². The third-order valence-corrected chi connectivity index (χ3v) is 15.2. The van der Waals surface area contributed by atoms with Crippen LogP contribution in [0.4, 0.5) is 0 Å². The van der Waals surface area contributed by atoms with Gasteiger partial charge in [0.1, 0.15) is 0 Å². The maximum atomic E-state index is 2.45. The second-order valence-electron chi connectivity index (χ2n) is 20.4. The summed E-state index contributed by atoms with van der Waals surface area (Å²) in [6, 6.07) is 0. The van der Waals surface area contributed by atoms with Crippen molar-refractivity contribution in [1.82, 2.24) is 0 Å². The molecule has 5 unspecified atom stereocenters. The van der Waals surface area contributed by atoms with Crippen LogP contribution < -0.4 is 0 Å². The molecule has 0 saturated heterocycles. The summed E-state index contributed by atoms with van der Waals surface area (Å²) in [4.78, 5) is 0. The Morgan fingerprint density at radius 2 is 0.345 bits per heavy atom. The molecule has 0 aromatic rings. The number of unbranched alkanes of at least 4 members (excludes halogenated alkanes) is 28. The molecule has 0 saturated carbocycles. The first-order valence-corrected chi connectivity index (χ1v) is 28.6. The van der Waals surface area contributed by atoms with Crippen LogP contribution in [0.25, 0.3) is 0 Å². The summed E-state index contributed by atoms with van der Waals surface area (Å²) in [5.74, 6) is 5.05. The first kappa shape index (κ1) is 58.0. The molecule has 0 spiro atoms. The Balaban J connectivity index is 4.34. The molecular weight excluding hydrogens is 697 g/mol. The van der Waals surface area contributed by atoms with Gasteiger partial charge >= 0.3 is 0 Å². The number of rotatable bonds is 50. The normalized spacial score (nSPS) is 14.5. The fourth-order valence-electron chi connectivity index (χ4n) is 11.0. The molecule has 0 bridgehead atoms. The Labute approximate surface area is 372 Å². The van der Waals surface area contributed by atoms with E-state index in [-0.39, 0.29) is 0 Å². The van der Waals surface area contributed by atoms with Crippen LogP contribution >= 0.6 is 0 Å². The van der Waals surface area contributed by atoms with Crippen LogP contribution in [-0.2, 0) is 0 Å². The van der Waals surface area contributed by atoms with Crippen LogP contribution in [0.5, 0.6) is 0 Å². The Bertz CT molecular complexity index is 724. The Hall–Kier alpha value is 0. The molecule has 0 aliphatic carbocycles. The van der Waals surface area contributed by atoms with Crippen molar-refractivity contribution in [3.05, 3.63) is 0 Å². The van der Waals surface area contributed by atoms with Crippen LogP contribution in [0.15, 0.2) is 0 Å². The summed E-state index contributed by atoms with van der Waals surface area (Å²) in [7, 11) is 0. The molecule has 0 aromatic carbocycles. The van der Waals surface area contributed by atoms with Crippen molar-refractivity contribution in [3.63, 3.8) is 0 Å². The Kier molecular flexibility index (Phi) is 48.0. The highest BCUT2D eigenvalue weighted by Gasteiger charge is 2.21. The van der Waals surface area contributed by atoms with Gasteiger partial charge in [0.15, 0.2) is 0 Å². The summed E-state index contributed by atoms with van der Waals surface area (Å²) in [6.45, 7) is 16.7. The highest BCUT2D eigenvalue weighted by atomic mass is 14.3. The van der Waals surface area contributed by atoms with Gasteiger partial charge in [-0.05, 0) is 29.6 Å². The van der Waals surface area contributed by atoms with Crippen LogP contribution in [0.3, 0.4) is 0 Å². The zero-order valence-corrected chi connectivity index (χ0v) is 42.4. The standard InChI is InChI=1S/C58H118/c1-8-15-20-30-42-51-57(50-38-19-12-5)58(52-43-31-21-16-9-2)53-44-35-29-28-33-40-47-54(45-36-17-10-3)46-39-32-26-24-22-23-25-27-34-41-49-56(14-7)55(13-6)48-37-18-11-4/h54-58H,8-53H2,1-7H3. The van der Waals surface area contributed by atoms with Gasteiger partial charge in [0, 0.05) is 0 Å². The summed E-state index contributed by atoms with van der Waals surface area (Å²) in [6.07, 6.45) is 67.9. The third-order valence-electron chi connectivity index (χ3n) is 15.2. The van der Waals surface area contributed by atoms with Crippen molar-refractivity contribution < 1.29 is 0 Å². The molecule has 0 rings (SSSR count). The molecule has 58 heavy (non-hydrogen) atoms. The van der Waals surface area contributed by atoms with E-state index in [1.54, 1.807) is 0 Å². The van der Waals surface area contributed by atoms with E-state index in [2.05, 4.69) is 48.5 Å². The lowest BCUT2D eigenvalue weighted by molar-refractivity contribution is 0.237. The van der Waals surface area contributed by atoms with Gasteiger partial charge in [-0.25, -0.2) is 0 Å². The molecule has 0 heterocycles. The summed E-state index contributed by atoms with van der Waals surface area (Å²) < 4.78 is 0. The second kappa shape index (κ2) is 48.0. The summed E-state index contributed by atoms with van der Waals surface area (Å²) >= 11 is 0. The lowest BCUT2D eigenvalue weighted by Gasteiger charge is -2.28. The van der Waals surface area contributed by atoms with Gasteiger partial charge in [0.25, 0.3) is 0 Å². The average molecular weight is 816 g/mol. The molecule has 0 fully saturated rings. The highest BCUT2D eigenvalue weighted by Crippen LogP contribution is 2.34. The molecular formula is C58H118. The number of hydrogen-bond acceptors (Lipinski definition) is 0. The minimum atomic E-state index is 0.994. The maximum Gasteiger partial charge on any atom is -0.0386 e. The largest absolute Gasteiger partial charge is 0.0654 e. The molecule has 0 aromatic heterocycles. The van der Waals surface area contributed by atoms with E-state index in [0.29, 0.717) is 0 Å². The van der Waals surface area contributed by atoms with Crippen molar-refractivity contribution in [3.8, 4) is 0 Å². The fraction of sp³-hybridized carbons (Fsp3) is 1.00. The predicted octanol–water partition coefficient (Wildman–Crippen LogP) is 22.2. The summed E-state index contributed by atoms with van der Waals surface area (Å²) in [5.41, 5.74) is 0. The molecule has 0 nitrogen and oxygen atoms in total. The van der Waals surface area contributed by atoms with E-state index in [1.165, 1.54) is 295 Å². The van der Waals surface area contributed by atoms with Gasteiger partial charge in [-0.15, -0.1) is 0 Å². The van der Waals surface area contributed by atoms with Gasteiger partial charge < -0.3 is 0 Å². The van der Waals surface area contributed by atoms with Gasteiger partial charge in [-0.1, -0.05) is 344 Å². The van der Waals surface area contributed by atoms with Crippen molar-refractivity contribution in [1.29, 1.82) is 0 Å². The fourth-order valence-corrected chi connectivity index (χ4v) is 11.0. The van der Waals surface area contributed by atoms with Gasteiger partial charge in [0.05, 0.1) is 0 Å². The van der Waals surface area contributed by atoms with Crippen molar-refractivity contribution in [2.75, 3.05) is 0 Å². The van der Waals surface area contributed by atoms with Gasteiger partial charge in [-0.3, -0.25) is 0 Å². The van der Waals surface area contributed by atoms with E-state index in [1.807, 2.05) is 0 Å². The minimum Gasteiger partial charge on any atom is -0.0654 e. The second-order valence-corrected chi connectivity index (χ2v) is 20.4. The monoisotopic (exact) mass is 815 g/mol. The quantitative estimate of drug-likeness (QED) is 0.0537. The molecule has 0 aliphatic rings. The van der Waals surface area contributed by atoms with E-state index < -0.39 is 0 Å². The molecule has 0 N–H and O–H groups in total. The zero-order valence-electron chi connectivity index (χ0n) is 42.4. The van der Waals surface area contributed by atoms with E-state index in [4.69, 9.17) is 0 Å². The Morgan fingerprint density at radius 1 is 0.172 bits per heavy atom. The van der Waals surface area contributed by atoms with E-state index in [0.717, 1.165) is 29.6 Å². The molecule has 0 aliphatic heterocycles. The highest BCUT2D eigenvalue weighted by molar-refractivity contribution is 4.73.